The number of aryl methyl sites for hydroxylation is 2. The number of amides is 1. The number of carbonyl (C=O) groups excluding carboxylic acids is 1. The van der Waals surface area contributed by atoms with Crippen LogP contribution in [0.4, 0.5) is 11.4 Å². The van der Waals surface area contributed by atoms with Crippen LogP contribution in [0, 0.1) is 13.8 Å². The van der Waals surface area contributed by atoms with E-state index >= 15 is 0 Å². The molecule has 0 saturated heterocycles. The second-order valence-corrected chi connectivity index (χ2v) is 5.81. The quantitative estimate of drug-likeness (QED) is 0.827. The van der Waals surface area contributed by atoms with Crippen molar-refractivity contribution in [3.8, 4) is 11.5 Å². The molecule has 0 aromatic heterocycles. The van der Waals surface area contributed by atoms with Crippen molar-refractivity contribution in [1.82, 2.24) is 0 Å². The first-order chi connectivity index (χ1) is 11.4. The fraction of sp³-hybridized carbons (Fsp3) is 0.278. The van der Waals surface area contributed by atoms with Gasteiger partial charge in [-0.25, -0.2) is 0 Å². The lowest BCUT2D eigenvalue weighted by Gasteiger charge is -2.14. The summed E-state index contributed by atoms with van der Waals surface area (Å²) in [5.41, 5.74) is 3.38. The first kappa shape index (κ1) is 17.9. The maximum Gasteiger partial charge on any atom is 0.243 e. The molecule has 0 unspecified atom stereocenters. The van der Waals surface area contributed by atoms with E-state index in [1.165, 1.54) is 0 Å². The van der Waals surface area contributed by atoms with Crippen LogP contribution in [0.1, 0.15) is 11.1 Å². The number of hydrogen-bond acceptors (Lipinski definition) is 4. The van der Waals surface area contributed by atoms with Gasteiger partial charge in [-0.1, -0.05) is 17.7 Å². The SMILES string of the molecule is COc1ccc(OC)c(NC(=O)CNc2c(C)cc(C)cc2Cl)c1. The van der Waals surface area contributed by atoms with Crippen LogP contribution < -0.4 is 20.1 Å². The molecule has 1 amide bonds. The molecular formula is C18H21ClN2O3. The fourth-order valence-corrected chi connectivity index (χ4v) is 2.80. The second-order valence-electron chi connectivity index (χ2n) is 5.41. The van der Waals surface area contributed by atoms with Gasteiger partial charge in [-0.15, -0.1) is 0 Å². The third-order valence-corrected chi connectivity index (χ3v) is 3.84. The molecule has 0 fully saturated rings. The molecule has 0 saturated carbocycles. The highest BCUT2D eigenvalue weighted by atomic mass is 35.5. The highest BCUT2D eigenvalue weighted by Crippen LogP contribution is 2.29. The van der Waals surface area contributed by atoms with Crippen molar-refractivity contribution in [3.63, 3.8) is 0 Å². The lowest BCUT2D eigenvalue weighted by atomic mass is 10.1. The Morgan fingerprint density at radius 3 is 2.50 bits per heavy atom. The number of methoxy groups -OCH3 is 2. The number of hydrogen-bond donors (Lipinski definition) is 2. The number of ether oxygens (including phenoxy) is 2. The van der Waals surface area contributed by atoms with E-state index in [4.69, 9.17) is 21.1 Å². The van der Waals surface area contributed by atoms with Gasteiger partial charge < -0.3 is 20.1 Å². The van der Waals surface area contributed by atoms with Gasteiger partial charge in [0.15, 0.2) is 0 Å². The van der Waals surface area contributed by atoms with Crippen LogP contribution in [0.15, 0.2) is 30.3 Å². The summed E-state index contributed by atoms with van der Waals surface area (Å²) in [5.74, 6) is 0.989. The molecule has 2 N–H and O–H groups in total. The van der Waals surface area contributed by atoms with E-state index in [0.29, 0.717) is 22.2 Å². The van der Waals surface area contributed by atoms with E-state index in [2.05, 4.69) is 10.6 Å². The molecule has 0 spiro atoms. The minimum Gasteiger partial charge on any atom is -0.497 e. The number of halogens is 1. The lowest BCUT2D eigenvalue weighted by Crippen LogP contribution is -2.22. The molecule has 5 nitrogen and oxygen atoms in total. The summed E-state index contributed by atoms with van der Waals surface area (Å²) in [5, 5.41) is 6.48. The van der Waals surface area contributed by atoms with Crippen LogP contribution in [0.2, 0.25) is 5.02 Å². The maximum absolute atomic E-state index is 12.2. The van der Waals surface area contributed by atoms with Crippen LogP contribution in [-0.4, -0.2) is 26.7 Å². The number of nitrogens with one attached hydrogen (secondary N) is 2. The normalized spacial score (nSPS) is 10.2. The Morgan fingerprint density at radius 1 is 1.12 bits per heavy atom. The van der Waals surface area contributed by atoms with Gasteiger partial charge in [0.2, 0.25) is 5.91 Å². The molecule has 2 aromatic carbocycles. The van der Waals surface area contributed by atoms with Gasteiger partial charge in [-0.05, 0) is 43.2 Å². The Hall–Kier alpha value is -2.40. The van der Waals surface area contributed by atoms with Crippen molar-refractivity contribution < 1.29 is 14.3 Å². The van der Waals surface area contributed by atoms with Crippen molar-refractivity contribution in [2.24, 2.45) is 0 Å². The molecule has 2 aromatic rings. The van der Waals surface area contributed by atoms with Crippen LogP contribution in [0.25, 0.3) is 0 Å². The average Bonchev–Trinajstić information content (AvgIpc) is 2.53. The summed E-state index contributed by atoms with van der Waals surface area (Å²) in [6.07, 6.45) is 0. The van der Waals surface area contributed by atoms with Gasteiger partial charge in [0.25, 0.3) is 0 Å². The van der Waals surface area contributed by atoms with Gasteiger partial charge in [0.05, 0.1) is 37.2 Å². The van der Waals surface area contributed by atoms with E-state index in [1.54, 1.807) is 32.4 Å². The van der Waals surface area contributed by atoms with Crippen LogP contribution >= 0.6 is 11.6 Å². The van der Waals surface area contributed by atoms with Crippen molar-refractivity contribution in [1.29, 1.82) is 0 Å². The maximum atomic E-state index is 12.2. The van der Waals surface area contributed by atoms with E-state index < -0.39 is 0 Å². The molecule has 6 heteroatoms. The topological polar surface area (TPSA) is 59.6 Å². The predicted octanol–water partition coefficient (Wildman–Crippen LogP) is 4.02. The molecule has 0 aliphatic carbocycles. The minimum atomic E-state index is -0.211. The van der Waals surface area contributed by atoms with Gasteiger partial charge >= 0.3 is 0 Å². The molecule has 24 heavy (non-hydrogen) atoms. The molecule has 0 aliphatic heterocycles. The third-order valence-electron chi connectivity index (χ3n) is 3.54. The lowest BCUT2D eigenvalue weighted by molar-refractivity contribution is -0.114. The first-order valence-electron chi connectivity index (χ1n) is 7.47. The summed E-state index contributed by atoms with van der Waals surface area (Å²) in [6, 6.07) is 9.09. The van der Waals surface area contributed by atoms with Crippen molar-refractivity contribution in [2.75, 3.05) is 31.4 Å². The Morgan fingerprint density at radius 2 is 1.88 bits per heavy atom. The van der Waals surface area contributed by atoms with Crippen molar-refractivity contribution in [3.05, 3.63) is 46.5 Å². The summed E-state index contributed by atoms with van der Waals surface area (Å²) in [6.45, 7) is 4.01. The van der Waals surface area contributed by atoms with E-state index in [9.17, 15) is 4.79 Å². The van der Waals surface area contributed by atoms with E-state index in [1.807, 2.05) is 26.0 Å². The minimum absolute atomic E-state index is 0.0873. The summed E-state index contributed by atoms with van der Waals surface area (Å²) < 4.78 is 10.4. The zero-order valence-corrected chi connectivity index (χ0v) is 15.0. The zero-order chi connectivity index (χ0) is 17.7. The third kappa shape index (κ3) is 4.32. The van der Waals surface area contributed by atoms with Crippen LogP contribution in [-0.2, 0) is 4.79 Å². The predicted molar refractivity (Wildman–Crippen MR) is 97.6 cm³/mol. The molecule has 128 valence electrons. The summed E-state index contributed by atoms with van der Waals surface area (Å²) in [7, 11) is 3.11. The van der Waals surface area contributed by atoms with Crippen molar-refractivity contribution >= 4 is 28.9 Å². The van der Waals surface area contributed by atoms with Crippen LogP contribution in [0.3, 0.4) is 0 Å². The zero-order valence-electron chi connectivity index (χ0n) is 14.2. The fourth-order valence-electron chi connectivity index (χ4n) is 2.41. The largest absolute Gasteiger partial charge is 0.497 e. The average molecular weight is 349 g/mol. The molecule has 0 aliphatic rings. The van der Waals surface area contributed by atoms with Crippen molar-refractivity contribution in [2.45, 2.75) is 13.8 Å². The molecule has 0 radical (unpaired) electrons. The van der Waals surface area contributed by atoms with E-state index in [-0.39, 0.29) is 12.5 Å². The summed E-state index contributed by atoms with van der Waals surface area (Å²) >= 11 is 6.23. The van der Waals surface area contributed by atoms with Gasteiger partial charge in [0, 0.05) is 6.07 Å². The van der Waals surface area contributed by atoms with Gasteiger partial charge in [0.1, 0.15) is 11.5 Å². The molecule has 0 heterocycles. The number of rotatable bonds is 6. The van der Waals surface area contributed by atoms with Gasteiger partial charge in [-0.2, -0.15) is 0 Å². The van der Waals surface area contributed by atoms with Crippen LogP contribution in [0.5, 0.6) is 11.5 Å². The first-order valence-corrected chi connectivity index (χ1v) is 7.85. The standard InChI is InChI=1S/C18H21ClN2O3/c1-11-7-12(2)18(14(19)8-11)20-10-17(22)21-15-9-13(23-3)5-6-16(15)24-4/h5-9,20H,10H2,1-4H3,(H,21,22). The molecule has 0 atom stereocenters. The molecular weight excluding hydrogens is 328 g/mol. The van der Waals surface area contributed by atoms with Gasteiger partial charge in [-0.3, -0.25) is 4.79 Å². The molecule has 0 bridgehead atoms. The Kier molecular flexibility index (Phi) is 5.93. The monoisotopic (exact) mass is 348 g/mol. The Balaban J connectivity index is 2.07. The number of benzene rings is 2. The second kappa shape index (κ2) is 7.93. The Bertz CT molecular complexity index is 724. The highest BCUT2D eigenvalue weighted by molar-refractivity contribution is 6.33. The van der Waals surface area contributed by atoms with E-state index in [0.717, 1.165) is 16.8 Å². The highest BCUT2D eigenvalue weighted by Gasteiger charge is 2.11. The molecule has 2 rings (SSSR count). The smallest absolute Gasteiger partial charge is 0.243 e. The number of anilines is 2. The number of carbonyl (C=O) groups is 1. The summed E-state index contributed by atoms with van der Waals surface area (Å²) in [4.78, 5) is 12.2. The Labute approximate surface area is 146 Å².